The lowest BCUT2D eigenvalue weighted by Crippen LogP contribution is -2.35. The summed E-state index contributed by atoms with van der Waals surface area (Å²) in [5, 5.41) is 0. The Balaban J connectivity index is 1.58. The Labute approximate surface area is 238 Å². The Hall–Kier alpha value is -3.22. The van der Waals surface area contributed by atoms with Crippen LogP contribution in [0.15, 0.2) is 24.3 Å². The van der Waals surface area contributed by atoms with Gasteiger partial charge in [-0.05, 0) is 69.2 Å². The van der Waals surface area contributed by atoms with Crippen molar-refractivity contribution in [3.05, 3.63) is 52.3 Å². The summed E-state index contributed by atoms with van der Waals surface area (Å²) in [6, 6.07) is 5.94. The molecule has 2 aromatic rings. The average Bonchev–Trinajstić information content (AvgIpc) is 3.68. The van der Waals surface area contributed by atoms with Crippen LogP contribution in [-0.4, -0.2) is 50.1 Å². The molecule has 7 heteroatoms. The summed E-state index contributed by atoms with van der Waals surface area (Å²) >= 11 is 0. The third-order valence-electron chi connectivity index (χ3n) is 8.29. The van der Waals surface area contributed by atoms with E-state index in [2.05, 4.69) is 37.5 Å². The van der Waals surface area contributed by atoms with Crippen LogP contribution in [0.25, 0.3) is 5.70 Å². The van der Waals surface area contributed by atoms with Gasteiger partial charge in [0.05, 0.1) is 37.5 Å². The SMILES string of the molecule is CCC=C1c2c(cc(OCC)c(OCC)c2F)C2(CC2)N1CC(=O)c1cc2c(c(C(C)(C)C)c1)OCCN2CC. The highest BCUT2D eigenvalue weighted by Gasteiger charge is 2.58. The quantitative estimate of drug-likeness (QED) is 0.311. The molecule has 40 heavy (non-hydrogen) atoms. The number of carbonyl (C=O) groups excluding carboxylic acids is 1. The molecule has 1 saturated carbocycles. The monoisotopic (exact) mass is 550 g/mol. The van der Waals surface area contributed by atoms with Crippen LogP contribution >= 0.6 is 0 Å². The van der Waals surface area contributed by atoms with Crippen LogP contribution in [0.4, 0.5) is 10.1 Å². The molecule has 2 aromatic carbocycles. The van der Waals surface area contributed by atoms with E-state index < -0.39 is 11.4 Å². The Morgan fingerprint density at radius 2 is 1.82 bits per heavy atom. The maximum absolute atomic E-state index is 16.2. The number of ketones is 1. The van der Waals surface area contributed by atoms with Gasteiger partial charge < -0.3 is 24.0 Å². The summed E-state index contributed by atoms with van der Waals surface area (Å²) in [7, 11) is 0. The molecule has 216 valence electrons. The van der Waals surface area contributed by atoms with Gasteiger partial charge in [0.15, 0.2) is 23.1 Å². The highest BCUT2D eigenvalue weighted by Crippen LogP contribution is 2.62. The highest BCUT2D eigenvalue weighted by molar-refractivity contribution is 6.00. The van der Waals surface area contributed by atoms with Crippen LogP contribution in [0.1, 0.15) is 94.8 Å². The van der Waals surface area contributed by atoms with Crippen LogP contribution in [-0.2, 0) is 11.0 Å². The molecule has 6 nitrogen and oxygen atoms in total. The number of Topliss-reactive ketones (excluding diaryl/α,β-unsaturated/α-hetero) is 1. The van der Waals surface area contributed by atoms with Gasteiger partial charge in [-0.2, -0.15) is 0 Å². The standard InChI is InChI=1S/C33H43FN2O4/c1-8-12-24-28-22(19-27(38-10-3)31(29(28)34)39-11-4)33(13-14-33)36(24)20-26(37)21-17-23(32(5,6)7)30-25(18-21)35(9-2)15-16-40-30/h12,17-19H,8-11,13-16,20H2,1-7H3. The molecule has 1 fully saturated rings. The average molecular weight is 551 g/mol. The fourth-order valence-corrected chi connectivity index (χ4v) is 6.24. The van der Waals surface area contributed by atoms with Crippen LogP contribution in [0, 0.1) is 5.82 Å². The highest BCUT2D eigenvalue weighted by atomic mass is 19.1. The fraction of sp³-hybridized carbons (Fsp3) is 0.545. The normalized spacial score (nSPS) is 18.1. The smallest absolute Gasteiger partial charge is 0.197 e. The summed E-state index contributed by atoms with van der Waals surface area (Å²) in [4.78, 5) is 18.5. The number of rotatable bonds is 9. The largest absolute Gasteiger partial charge is 0.490 e. The fourth-order valence-electron chi connectivity index (χ4n) is 6.24. The number of hydrogen-bond acceptors (Lipinski definition) is 6. The Kier molecular flexibility index (Phi) is 7.53. The van der Waals surface area contributed by atoms with E-state index in [9.17, 15) is 4.79 Å². The van der Waals surface area contributed by atoms with Gasteiger partial charge in [0, 0.05) is 28.9 Å². The molecule has 0 N–H and O–H groups in total. The van der Waals surface area contributed by atoms with E-state index in [0.717, 1.165) is 60.6 Å². The maximum atomic E-state index is 16.2. The zero-order valence-electron chi connectivity index (χ0n) is 25.1. The topological polar surface area (TPSA) is 51.2 Å². The van der Waals surface area contributed by atoms with Gasteiger partial charge in [0.2, 0.25) is 0 Å². The number of fused-ring (bicyclic) bond motifs is 3. The summed E-state index contributed by atoms with van der Waals surface area (Å²) in [5.74, 6) is 1.08. The zero-order valence-corrected chi connectivity index (χ0v) is 25.1. The molecule has 2 heterocycles. The molecule has 0 unspecified atom stereocenters. The van der Waals surface area contributed by atoms with E-state index in [1.807, 2.05) is 45.0 Å². The zero-order chi connectivity index (χ0) is 28.8. The molecule has 1 spiro atoms. The molecule has 0 atom stereocenters. The number of benzene rings is 2. The number of nitrogens with zero attached hydrogens (tertiary/aromatic N) is 2. The predicted molar refractivity (Wildman–Crippen MR) is 157 cm³/mol. The third-order valence-corrected chi connectivity index (χ3v) is 8.29. The van der Waals surface area contributed by atoms with E-state index in [4.69, 9.17) is 14.2 Å². The van der Waals surface area contributed by atoms with Crippen molar-refractivity contribution < 1.29 is 23.4 Å². The Morgan fingerprint density at radius 3 is 2.42 bits per heavy atom. The van der Waals surface area contributed by atoms with Crippen molar-refractivity contribution in [3.63, 3.8) is 0 Å². The van der Waals surface area contributed by atoms with Gasteiger partial charge >= 0.3 is 0 Å². The van der Waals surface area contributed by atoms with Crippen molar-refractivity contribution in [1.82, 2.24) is 4.90 Å². The second kappa shape index (κ2) is 10.6. The van der Waals surface area contributed by atoms with E-state index in [0.29, 0.717) is 36.7 Å². The molecule has 0 saturated heterocycles. The van der Waals surface area contributed by atoms with E-state index >= 15 is 4.39 Å². The molecule has 2 aliphatic heterocycles. The van der Waals surface area contributed by atoms with Crippen LogP contribution < -0.4 is 19.1 Å². The van der Waals surface area contributed by atoms with Gasteiger partial charge in [0.1, 0.15) is 12.4 Å². The van der Waals surface area contributed by atoms with Crippen LogP contribution in [0.2, 0.25) is 0 Å². The summed E-state index contributed by atoms with van der Waals surface area (Å²) < 4.78 is 33.9. The first-order valence-electron chi connectivity index (χ1n) is 14.8. The molecule has 1 aliphatic carbocycles. The first kappa shape index (κ1) is 28.3. The second-order valence-corrected chi connectivity index (χ2v) is 11.9. The molecule has 5 rings (SSSR count). The third kappa shape index (κ3) is 4.61. The van der Waals surface area contributed by atoms with Crippen molar-refractivity contribution in [2.24, 2.45) is 0 Å². The molecule has 0 bridgehead atoms. The number of allylic oxidation sites excluding steroid dienone is 1. The molecule has 0 aromatic heterocycles. The number of anilines is 1. The number of hydrogen-bond donors (Lipinski definition) is 0. The molecule has 0 radical (unpaired) electrons. The number of carbonyl (C=O) groups is 1. The number of halogens is 1. The van der Waals surface area contributed by atoms with Gasteiger partial charge in [0.25, 0.3) is 0 Å². The van der Waals surface area contributed by atoms with Crippen molar-refractivity contribution in [3.8, 4) is 17.2 Å². The molecular formula is C33H43FN2O4. The summed E-state index contributed by atoms with van der Waals surface area (Å²) in [5.41, 5.74) is 4.31. The van der Waals surface area contributed by atoms with Gasteiger partial charge in [-0.15, -0.1) is 0 Å². The Morgan fingerprint density at radius 1 is 1.10 bits per heavy atom. The Bertz CT molecular complexity index is 1340. The van der Waals surface area contributed by atoms with Gasteiger partial charge in [-0.1, -0.05) is 33.8 Å². The van der Waals surface area contributed by atoms with E-state index in [1.165, 1.54) is 0 Å². The van der Waals surface area contributed by atoms with Crippen molar-refractivity contribution in [2.75, 3.05) is 44.4 Å². The molecule has 3 aliphatic rings. The van der Waals surface area contributed by atoms with Crippen molar-refractivity contribution in [1.29, 1.82) is 0 Å². The molecular weight excluding hydrogens is 507 g/mol. The lowest BCUT2D eigenvalue weighted by Gasteiger charge is -2.35. The predicted octanol–water partition coefficient (Wildman–Crippen LogP) is 7.08. The van der Waals surface area contributed by atoms with Crippen LogP contribution in [0.3, 0.4) is 0 Å². The van der Waals surface area contributed by atoms with Crippen LogP contribution in [0.5, 0.6) is 17.2 Å². The first-order chi connectivity index (χ1) is 19.1. The maximum Gasteiger partial charge on any atom is 0.197 e. The summed E-state index contributed by atoms with van der Waals surface area (Å²) in [6.07, 6.45) is 4.49. The molecule has 0 amide bonds. The van der Waals surface area contributed by atoms with Gasteiger partial charge in [-0.3, -0.25) is 4.79 Å². The van der Waals surface area contributed by atoms with Crippen molar-refractivity contribution >= 4 is 17.2 Å². The van der Waals surface area contributed by atoms with Crippen molar-refractivity contribution in [2.45, 2.75) is 78.7 Å². The van der Waals surface area contributed by atoms with Gasteiger partial charge in [-0.25, -0.2) is 4.39 Å². The first-order valence-corrected chi connectivity index (χ1v) is 14.8. The summed E-state index contributed by atoms with van der Waals surface area (Å²) in [6.45, 7) is 17.5. The number of likely N-dealkylation sites (N-methyl/N-ethyl adjacent to an activating group) is 1. The lowest BCUT2D eigenvalue weighted by atomic mass is 9.84. The lowest BCUT2D eigenvalue weighted by molar-refractivity contribution is 0.0938. The van der Waals surface area contributed by atoms with E-state index in [1.54, 1.807) is 0 Å². The minimum absolute atomic E-state index is 0.0199. The van der Waals surface area contributed by atoms with E-state index in [-0.39, 0.29) is 23.5 Å². The minimum Gasteiger partial charge on any atom is -0.490 e. The second-order valence-electron chi connectivity index (χ2n) is 11.9. The minimum atomic E-state index is -0.400. The number of ether oxygens (including phenoxy) is 3.